The van der Waals surface area contributed by atoms with Gasteiger partial charge in [0.1, 0.15) is 11.0 Å². The van der Waals surface area contributed by atoms with E-state index in [1.54, 1.807) is 30.3 Å². The van der Waals surface area contributed by atoms with Crippen molar-refractivity contribution >= 4 is 27.7 Å². The quantitative estimate of drug-likeness (QED) is 0.243. The molecule has 0 aliphatic carbocycles. The minimum atomic E-state index is -0.338. The Bertz CT molecular complexity index is 1260. The molecule has 0 N–H and O–H groups in total. The third-order valence-electron chi connectivity index (χ3n) is 6.10. The van der Waals surface area contributed by atoms with E-state index in [0.29, 0.717) is 34.0 Å². The maximum absolute atomic E-state index is 13.0. The second-order valence-electron chi connectivity index (χ2n) is 9.26. The SMILES string of the molecule is CC(C)CCCC(C)CCOc1ccc2cc(C(=O)n3n[n+]([O-])c4ccccc43)ccc2c1. The molecule has 0 amide bonds. The topological polar surface area (TPSA) is 71.1 Å². The fourth-order valence-corrected chi connectivity index (χ4v) is 4.10. The third-order valence-corrected chi connectivity index (χ3v) is 6.10. The van der Waals surface area contributed by atoms with E-state index in [2.05, 4.69) is 26.0 Å². The number of fused-ring (bicyclic) bond motifs is 2. The highest BCUT2D eigenvalue weighted by Gasteiger charge is 2.22. The highest BCUT2D eigenvalue weighted by Crippen LogP contribution is 2.24. The van der Waals surface area contributed by atoms with Gasteiger partial charge in [0.05, 0.1) is 12.2 Å². The number of rotatable bonds is 9. The van der Waals surface area contributed by atoms with Gasteiger partial charge < -0.3 is 9.94 Å². The van der Waals surface area contributed by atoms with Gasteiger partial charge >= 0.3 is 5.91 Å². The molecule has 0 spiro atoms. The van der Waals surface area contributed by atoms with Crippen LogP contribution in [0.4, 0.5) is 0 Å². The number of carbonyl (C=O) groups is 1. The van der Waals surface area contributed by atoms with Crippen LogP contribution in [-0.4, -0.2) is 22.4 Å². The highest BCUT2D eigenvalue weighted by molar-refractivity contribution is 6.02. The Morgan fingerprint density at radius 2 is 1.76 bits per heavy atom. The number of nitrogens with zero attached hydrogens (tertiary/aromatic N) is 3. The lowest BCUT2D eigenvalue weighted by atomic mass is 9.98. The van der Waals surface area contributed by atoms with Gasteiger partial charge in [0.2, 0.25) is 11.0 Å². The summed E-state index contributed by atoms with van der Waals surface area (Å²) in [6, 6.07) is 18.3. The lowest BCUT2D eigenvalue weighted by Crippen LogP contribution is -2.31. The van der Waals surface area contributed by atoms with Gasteiger partial charge in [0, 0.05) is 0 Å². The van der Waals surface area contributed by atoms with Crippen LogP contribution in [0.1, 0.15) is 56.8 Å². The molecule has 4 rings (SSSR count). The summed E-state index contributed by atoms with van der Waals surface area (Å²) in [7, 11) is 0. The van der Waals surface area contributed by atoms with Crippen molar-refractivity contribution in [2.75, 3.05) is 6.61 Å². The molecule has 6 nitrogen and oxygen atoms in total. The molecule has 0 fully saturated rings. The van der Waals surface area contributed by atoms with Crippen LogP contribution in [0, 0.1) is 17.0 Å². The van der Waals surface area contributed by atoms with E-state index in [1.807, 2.05) is 30.3 Å². The first kappa shape index (κ1) is 22.8. The molecule has 0 aliphatic heterocycles. The van der Waals surface area contributed by atoms with Crippen molar-refractivity contribution in [1.82, 2.24) is 9.90 Å². The predicted molar refractivity (Wildman–Crippen MR) is 130 cm³/mol. The number of ether oxygens (including phenoxy) is 1. The zero-order valence-electron chi connectivity index (χ0n) is 19.5. The van der Waals surface area contributed by atoms with Crippen molar-refractivity contribution in [3.05, 3.63) is 71.4 Å². The number of aromatic nitrogens is 3. The molecule has 33 heavy (non-hydrogen) atoms. The van der Waals surface area contributed by atoms with Crippen LogP contribution < -0.4 is 9.58 Å². The molecule has 0 aliphatic rings. The largest absolute Gasteiger partial charge is 0.691 e. The molecule has 172 valence electrons. The van der Waals surface area contributed by atoms with E-state index in [-0.39, 0.29) is 5.91 Å². The summed E-state index contributed by atoms with van der Waals surface area (Å²) in [6.07, 6.45) is 4.85. The van der Waals surface area contributed by atoms with Crippen molar-refractivity contribution in [3.8, 4) is 5.75 Å². The first-order valence-corrected chi connectivity index (χ1v) is 11.7. The van der Waals surface area contributed by atoms with Gasteiger partial charge in [-0.05, 0) is 65.4 Å². The normalized spacial score (nSPS) is 12.5. The summed E-state index contributed by atoms with van der Waals surface area (Å²) in [6.45, 7) is 7.53. The molecule has 1 heterocycles. The molecule has 0 bridgehead atoms. The maximum Gasteiger partial charge on any atom is 0.366 e. The number of hydrogen-bond donors (Lipinski definition) is 0. The summed E-state index contributed by atoms with van der Waals surface area (Å²) < 4.78 is 7.15. The summed E-state index contributed by atoms with van der Waals surface area (Å²) >= 11 is 0. The Kier molecular flexibility index (Phi) is 6.92. The molecular formula is C27H31N3O3. The zero-order valence-corrected chi connectivity index (χ0v) is 19.5. The van der Waals surface area contributed by atoms with Crippen LogP contribution in [0.5, 0.6) is 5.75 Å². The maximum atomic E-state index is 13.0. The summed E-state index contributed by atoms with van der Waals surface area (Å²) in [4.78, 5) is 13.5. The highest BCUT2D eigenvalue weighted by atomic mass is 16.5. The van der Waals surface area contributed by atoms with Gasteiger partial charge in [0.25, 0.3) is 0 Å². The van der Waals surface area contributed by atoms with Gasteiger partial charge in [-0.2, -0.15) is 0 Å². The smallest absolute Gasteiger partial charge is 0.366 e. The fraction of sp³-hybridized carbons (Fsp3) is 0.370. The van der Waals surface area contributed by atoms with E-state index in [4.69, 9.17) is 4.74 Å². The second-order valence-corrected chi connectivity index (χ2v) is 9.26. The molecule has 0 saturated heterocycles. The Morgan fingerprint density at radius 1 is 1.00 bits per heavy atom. The molecule has 1 unspecified atom stereocenters. The zero-order chi connectivity index (χ0) is 23.4. The van der Waals surface area contributed by atoms with Crippen LogP contribution in [-0.2, 0) is 0 Å². The van der Waals surface area contributed by atoms with Crippen LogP contribution >= 0.6 is 0 Å². The van der Waals surface area contributed by atoms with Gasteiger partial charge in [0.15, 0.2) is 0 Å². The van der Waals surface area contributed by atoms with Crippen LogP contribution in [0.15, 0.2) is 60.7 Å². The molecule has 0 saturated carbocycles. The minimum absolute atomic E-state index is 0.338. The predicted octanol–water partition coefficient (Wildman–Crippen LogP) is 5.74. The molecule has 1 aromatic heterocycles. The first-order valence-electron chi connectivity index (χ1n) is 11.7. The molecule has 6 heteroatoms. The summed E-state index contributed by atoms with van der Waals surface area (Å²) in [5.41, 5.74) is 1.32. The Labute approximate surface area is 194 Å². The molecule has 4 aromatic rings. The van der Waals surface area contributed by atoms with Crippen molar-refractivity contribution < 1.29 is 14.4 Å². The van der Waals surface area contributed by atoms with Crippen molar-refractivity contribution in [3.63, 3.8) is 0 Å². The monoisotopic (exact) mass is 445 g/mol. The lowest BCUT2D eigenvalue weighted by Gasteiger charge is -2.13. The van der Waals surface area contributed by atoms with Crippen molar-refractivity contribution in [2.24, 2.45) is 11.8 Å². The summed E-state index contributed by atoms with van der Waals surface area (Å²) in [5.74, 6) is 1.92. The number of benzene rings is 3. The second kappa shape index (κ2) is 10.0. The summed E-state index contributed by atoms with van der Waals surface area (Å²) in [5, 5.41) is 17.8. The van der Waals surface area contributed by atoms with E-state index >= 15 is 0 Å². The third kappa shape index (κ3) is 5.33. The van der Waals surface area contributed by atoms with Gasteiger partial charge in [-0.15, -0.1) is 4.85 Å². The Balaban J connectivity index is 1.42. The van der Waals surface area contributed by atoms with Crippen molar-refractivity contribution in [1.29, 1.82) is 0 Å². The van der Waals surface area contributed by atoms with Gasteiger partial charge in [-0.25, -0.2) is 4.79 Å². The first-order chi connectivity index (χ1) is 15.9. The number of carbonyl (C=O) groups excluding carboxylic acids is 1. The van der Waals surface area contributed by atoms with Crippen LogP contribution in [0.2, 0.25) is 0 Å². The van der Waals surface area contributed by atoms with Crippen LogP contribution in [0.3, 0.4) is 0 Å². The Morgan fingerprint density at radius 3 is 2.58 bits per heavy atom. The Hall–Kier alpha value is -3.41. The average molecular weight is 446 g/mol. The molecule has 0 radical (unpaired) electrons. The van der Waals surface area contributed by atoms with Gasteiger partial charge in [-0.1, -0.05) is 69.0 Å². The van der Waals surface area contributed by atoms with E-state index in [9.17, 15) is 10.0 Å². The van der Waals surface area contributed by atoms with E-state index in [1.165, 1.54) is 19.3 Å². The van der Waals surface area contributed by atoms with E-state index in [0.717, 1.165) is 33.5 Å². The average Bonchev–Trinajstić information content (AvgIpc) is 3.14. The molecular weight excluding hydrogens is 414 g/mol. The standard InChI is InChI=1S/C27H31N3O3/c1-19(2)7-6-8-20(3)15-16-33-24-14-13-21-17-23(12-11-22(21)18-24)27(31)29-25-9-4-5-10-26(25)30(32)28-29/h4-5,9-14,17-20H,6-8,15-16H2,1-3H3. The van der Waals surface area contributed by atoms with Crippen LogP contribution in [0.25, 0.3) is 21.8 Å². The fourth-order valence-electron chi connectivity index (χ4n) is 4.10. The minimum Gasteiger partial charge on any atom is -0.691 e. The molecule has 3 aromatic carbocycles. The van der Waals surface area contributed by atoms with E-state index < -0.39 is 0 Å². The number of para-hydroxylation sites is 2. The molecule has 1 atom stereocenters. The number of hydrogen-bond acceptors (Lipinski definition) is 4. The lowest BCUT2D eigenvalue weighted by molar-refractivity contribution is -0.645. The van der Waals surface area contributed by atoms with Crippen molar-refractivity contribution in [2.45, 2.75) is 46.5 Å². The van der Waals surface area contributed by atoms with Gasteiger partial charge in [-0.3, -0.25) is 0 Å².